The Morgan fingerprint density at radius 2 is 1.91 bits per heavy atom. The Labute approximate surface area is 193 Å². The summed E-state index contributed by atoms with van der Waals surface area (Å²) >= 11 is 1.61. The molecule has 33 heavy (non-hydrogen) atoms. The van der Waals surface area contributed by atoms with E-state index in [0.29, 0.717) is 5.69 Å². The highest BCUT2D eigenvalue weighted by Gasteiger charge is 2.36. The molecule has 0 saturated carbocycles. The molecule has 170 valence electrons. The third-order valence-corrected chi connectivity index (χ3v) is 5.73. The van der Waals surface area contributed by atoms with E-state index in [2.05, 4.69) is 20.3 Å². The number of nitrogens with zero attached hydrogens (tertiary/aromatic N) is 4. The van der Waals surface area contributed by atoms with Crippen LogP contribution in [0.3, 0.4) is 0 Å². The van der Waals surface area contributed by atoms with Gasteiger partial charge in [0.1, 0.15) is 5.82 Å². The number of hydrogen-bond donors (Lipinski definition) is 2. The van der Waals surface area contributed by atoms with Gasteiger partial charge in [-0.1, -0.05) is 0 Å². The van der Waals surface area contributed by atoms with Crippen molar-refractivity contribution in [1.82, 2.24) is 15.0 Å². The number of amides is 1. The summed E-state index contributed by atoms with van der Waals surface area (Å²) in [6.45, 7) is 0.0176. The van der Waals surface area contributed by atoms with Gasteiger partial charge < -0.3 is 20.7 Å². The van der Waals surface area contributed by atoms with Gasteiger partial charge >= 0.3 is 5.97 Å². The number of benzene rings is 2. The molecule has 1 aliphatic rings. The van der Waals surface area contributed by atoms with Gasteiger partial charge in [0.25, 0.3) is 0 Å². The van der Waals surface area contributed by atoms with Gasteiger partial charge in [-0.05, 0) is 54.8 Å². The SMILES string of the molecule is CSc1ccc(N2CC(C(=O)OCc3nc(N)nc(Nc4ccc(F)cc4)n3)CC2=O)cc1. The molecule has 3 aromatic rings. The van der Waals surface area contributed by atoms with Gasteiger partial charge in [-0.15, -0.1) is 11.8 Å². The lowest BCUT2D eigenvalue weighted by Gasteiger charge is -2.16. The zero-order chi connectivity index (χ0) is 23.4. The molecule has 1 saturated heterocycles. The van der Waals surface area contributed by atoms with Crippen LogP contribution in [0.25, 0.3) is 0 Å². The average Bonchev–Trinajstić information content (AvgIpc) is 3.20. The van der Waals surface area contributed by atoms with Crippen LogP contribution in [0.1, 0.15) is 12.2 Å². The van der Waals surface area contributed by atoms with Crippen molar-refractivity contribution in [3.05, 3.63) is 60.2 Å². The molecule has 1 fully saturated rings. The van der Waals surface area contributed by atoms with Gasteiger partial charge in [0.05, 0.1) is 5.92 Å². The Bertz CT molecular complexity index is 1160. The number of esters is 1. The molecule has 3 N–H and O–H groups in total. The molecule has 2 aromatic carbocycles. The molecule has 11 heteroatoms. The van der Waals surface area contributed by atoms with E-state index < -0.39 is 11.9 Å². The summed E-state index contributed by atoms with van der Waals surface area (Å²) < 4.78 is 18.4. The highest BCUT2D eigenvalue weighted by Crippen LogP contribution is 2.28. The molecule has 1 amide bonds. The number of carbonyl (C=O) groups excluding carboxylic acids is 2. The largest absolute Gasteiger partial charge is 0.457 e. The molecule has 0 aliphatic carbocycles. The lowest BCUT2D eigenvalue weighted by Crippen LogP contribution is -2.26. The fraction of sp³-hybridized carbons (Fsp3) is 0.227. The highest BCUT2D eigenvalue weighted by atomic mass is 32.2. The van der Waals surface area contributed by atoms with Crippen molar-refractivity contribution in [3.63, 3.8) is 0 Å². The van der Waals surface area contributed by atoms with Crippen molar-refractivity contribution in [2.45, 2.75) is 17.9 Å². The van der Waals surface area contributed by atoms with Crippen LogP contribution >= 0.6 is 11.8 Å². The number of thioether (sulfide) groups is 1. The van der Waals surface area contributed by atoms with E-state index in [1.165, 1.54) is 24.3 Å². The molecule has 2 heterocycles. The van der Waals surface area contributed by atoms with Gasteiger partial charge in [-0.3, -0.25) is 9.59 Å². The maximum atomic E-state index is 13.1. The van der Waals surface area contributed by atoms with Gasteiger partial charge in [0.2, 0.25) is 17.8 Å². The summed E-state index contributed by atoms with van der Waals surface area (Å²) in [5.41, 5.74) is 7.03. The molecule has 1 atom stereocenters. The Morgan fingerprint density at radius 1 is 1.18 bits per heavy atom. The number of nitrogens with two attached hydrogens (primary N) is 1. The van der Waals surface area contributed by atoms with Crippen molar-refractivity contribution >= 4 is 46.9 Å². The molecule has 9 nitrogen and oxygen atoms in total. The lowest BCUT2D eigenvalue weighted by atomic mass is 10.1. The number of nitrogen functional groups attached to an aromatic ring is 1. The molecule has 1 aromatic heterocycles. The van der Waals surface area contributed by atoms with Crippen molar-refractivity contribution in [2.24, 2.45) is 5.92 Å². The second-order valence-corrected chi connectivity index (χ2v) is 8.16. The highest BCUT2D eigenvalue weighted by molar-refractivity contribution is 7.98. The molecular formula is C22H21FN6O3S. The van der Waals surface area contributed by atoms with Crippen LogP contribution in [0.15, 0.2) is 53.4 Å². The van der Waals surface area contributed by atoms with Gasteiger partial charge in [0.15, 0.2) is 12.4 Å². The smallest absolute Gasteiger partial charge is 0.311 e. The molecule has 0 spiro atoms. The third-order valence-electron chi connectivity index (χ3n) is 4.99. The third kappa shape index (κ3) is 5.55. The second-order valence-electron chi connectivity index (χ2n) is 7.28. The average molecular weight is 469 g/mol. The van der Waals surface area contributed by atoms with Crippen molar-refractivity contribution in [2.75, 3.05) is 28.8 Å². The number of aromatic nitrogens is 3. The fourth-order valence-electron chi connectivity index (χ4n) is 3.35. The van der Waals surface area contributed by atoms with Crippen LogP contribution in [0.5, 0.6) is 0 Å². The maximum Gasteiger partial charge on any atom is 0.311 e. The standard InChI is InChI=1S/C22H21FN6O3S/c1-33-17-8-6-16(7-9-17)29-11-13(10-19(29)30)20(31)32-12-18-26-21(24)28-22(27-18)25-15-4-2-14(23)3-5-15/h2-9,13H,10-12H2,1H3,(H3,24,25,26,27,28). The minimum atomic E-state index is -0.589. The Kier molecular flexibility index (Phi) is 6.68. The predicted octanol–water partition coefficient (Wildman–Crippen LogP) is 3.15. The molecule has 4 rings (SSSR count). The second kappa shape index (κ2) is 9.82. The van der Waals surface area contributed by atoms with Crippen LogP contribution in [0.4, 0.5) is 27.7 Å². The zero-order valence-electron chi connectivity index (χ0n) is 17.7. The maximum absolute atomic E-state index is 13.1. The summed E-state index contributed by atoms with van der Waals surface area (Å²) in [5, 5.41) is 2.89. The van der Waals surface area contributed by atoms with Gasteiger partial charge in [-0.2, -0.15) is 15.0 Å². The van der Waals surface area contributed by atoms with Crippen LogP contribution in [-0.4, -0.2) is 39.6 Å². The Hall–Kier alpha value is -3.73. The normalized spacial score (nSPS) is 15.5. The quantitative estimate of drug-likeness (QED) is 0.397. The monoisotopic (exact) mass is 468 g/mol. The first-order chi connectivity index (χ1) is 15.9. The van der Waals surface area contributed by atoms with Gasteiger partial charge in [-0.25, -0.2) is 4.39 Å². The number of halogens is 1. The van der Waals surface area contributed by atoms with Crippen LogP contribution in [0.2, 0.25) is 0 Å². The van der Waals surface area contributed by atoms with Crippen LogP contribution in [-0.2, 0) is 20.9 Å². The first kappa shape index (κ1) is 22.5. The Balaban J connectivity index is 1.36. The topological polar surface area (TPSA) is 123 Å². The Morgan fingerprint density at radius 3 is 2.61 bits per heavy atom. The lowest BCUT2D eigenvalue weighted by molar-refractivity contribution is -0.149. The number of nitrogens with one attached hydrogen (secondary N) is 1. The van der Waals surface area contributed by atoms with Crippen LogP contribution in [0, 0.1) is 11.7 Å². The number of rotatable bonds is 7. The number of anilines is 4. The van der Waals surface area contributed by atoms with E-state index in [1.54, 1.807) is 16.7 Å². The first-order valence-corrected chi connectivity index (χ1v) is 11.3. The predicted molar refractivity (Wildman–Crippen MR) is 122 cm³/mol. The van der Waals surface area contributed by atoms with E-state index in [9.17, 15) is 14.0 Å². The molecular weight excluding hydrogens is 447 g/mol. The number of carbonyl (C=O) groups is 2. The van der Waals surface area contributed by atoms with E-state index >= 15 is 0 Å². The van der Waals surface area contributed by atoms with Crippen molar-refractivity contribution in [3.8, 4) is 0 Å². The van der Waals surface area contributed by atoms with E-state index in [-0.39, 0.29) is 49.0 Å². The van der Waals surface area contributed by atoms with Crippen molar-refractivity contribution < 1.29 is 18.7 Å². The number of ether oxygens (including phenoxy) is 1. The van der Waals surface area contributed by atoms with Crippen molar-refractivity contribution in [1.29, 1.82) is 0 Å². The summed E-state index contributed by atoms with van der Waals surface area (Å²) in [5.74, 6) is -1.39. The summed E-state index contributed by atoms with van der Waals surface area (Å²) in [4.78, 5) is 39.8. The van der Waals surface area contributed by atoms with E-state index in [0.717, 1.165) is 10.6 Å². The zero-order valence-corrected chi connectivity index (χ0v) is 18.5. The van der Waals surface area contributed by atoms with E-state index in [1.807, 2.05) is 30.5 Å². The molecule has 1 aliphatic heterocycles. The number of hydrogen-bond acceptors (Lipinski definition) is 9. The van der Waals surface area contributed by atoms with Gasteiger partial charge in [0, 0.05) is 29.2 Å². The minimum absolute atomic E-state index is 0.0587. The summed E-state index contributed by atoms with van der Waals surface area (Å²) in [6, 6.07) is 13.2. The molecule has 0 bridgehead atoms. The van der Waals surface area contributed by atoms with Crippen LogP contribution < -0.4 is 16.0 Å². The minimum Gasteiger partial charge on any atom is -0.457 e. The molecule has 1 unspecified atom stereocenters. The summed E-state index contributed by atoms with van der Waals surface area (Å²) in [6.07, 6.45) is 2.05. The molecule has 0 radical (unpaired) electrons. The first-order valence-electron chi connectivity index (χ1n) is 10.1. The van der Waals surface area contributed by atoms with E-state index in [4.69, 9.17) is 10.5 Å². The fourth-order valence-corrected chi connectivity index (χ4v) is 3.76. The summed E-state index contributed by atoms with van der Waals surface area (Å²) in [7, 11) is 0.